The maximum absolute atomic E-state index is 14.6. The monoisotopic (exact) mass is 2250 g/mol. The zero-order chi connectivity index (χ0) is 105. The zero-order valence-electron chi connectivity index (χ0n) is 79.4. The molecule has 19 rings (SSSR count). The number of carbonyl (C=O) groups is 4. The quantitative estimate of drug-likeness (QED) is 0.0338. The number of Topliss-reactive ketones (excluding diaryl/α,β-unsaturated/α-hetero) is 4. The maximum atomic E-state index is 14.6. The molecule has 0 aliphatic heterocycles. The van der Waals surface area contributed by atoms with Crippen LogP contribution in [-0.2, 0) is 130 Å². The second-order valence-corrected chi connectivity index (χ2v) is 46.7. The number of nitrogens with zero attached hydrogens (tertiary/aromatic N) is 8. The molecule has 19 aromatic rings. The minimum atomic E-state index is -4.50. The van der Waals surface area contributed by atoms with Gasteiger partial charge in [0.05, 0.1) is 81.1 Å². The van der Waals surface area contributed by atoms with Crippen molar-refractivity contribution in [3.05, 3.63) is 436 Å². The predicted octanol–water partition coefficient (Wildman–Crippen LogP) is 23.2. The van der Waals surface area contributed by atoms with Gasteiger partial charge in [0.15, 0.2) is 62.5 Å². The Hall–Kier alpha value is -14.0. The maximum Gasteiger partial charge on any atom is 0.190 e. The molecular weight excluding hydrogens is 2160 g/mol. The van der Waals surface area contributed by atoms with E-state index in [2.05, 4.69) is 52.5 Å². The summed E-state index contributed by atoms with van der Waals surface area (Å²) in [5, 5.41) is 12.3. The molecule has 0 saturated carbocycles. The largest absolute Gasteiger partial charge is 0.361 e. The molecule has 0 spiro atoms. The van der Waals surface area contributed by atoms with Crippen LogP contribution in [0.3, 0.4) is 0 Å². The summed E-state index contributed by atoms with van der Waals surface area (Å²) in [7, 11) is -16.9. The van der Waals surface area contributed by atoms with E-state index in [0.29, 0.717) is 108 Å². The van der Waals surface area contributed by atoms with Crippen molar-refractivity contribution in [3.63, 3.8) is 0 Å². The molecule has 11 aromatic carbocycles. The van der Waals surface area contributed by atoms with Crippen LogP contribution in [-0.4, -0.2) is 117 Å². The van der Waals surface area contributed by atoms with Crippen LogP contribution in [0.25, 0.3) is 43.6 Å². The Bertz CT molecular complexity index is 8740. The highest BCUT2D eigenvalue weighted by Gasteiger charge is 2.42. The molecule has 4 atom stereocenters. The van der Waals surface area contributed by atoms with Crippen LogP contribution in [0.5, 0.6) is 0 Å². The molecule has 8 heterocycles. The molecule has 760 valence electrons. The SMILES string of the molecule is Cc1cc(CC(=O)C(C)S(=O)(=O)c2cn(Cc3cc(Br)cc(Br)c3)c3ccccc23)no1.Cc1cc(CC(=O)C(Cc2ccc(F)cc2F)S(=O)(=O)c2cn(Cc3ccc(F)cc3F)c3ccccc23)no1.Cc1cc(CC(=O)C(Cc2cccc(Cl)c2)S(=O)(=O)c2cn(Cc3cccc(Cl)c3)c3ccccc23)no1.Cc1cc(CC(=O)C(Cc2ccccc2F)S(=O)(=O)c2cn(Cc3ccccc3F)c3ccccc23)no1. The second kappa shape index (κ2) is 45.8. The lowest BCUT2D eigenvalue weighted by atomic mass is 10.0. The van der Waals surface area contributed by atoms with E-state index in [-0.39, 0.29) is 92.5 Å². The first-order chi connectivity index (χ1) is 70.6. The van der Waals surface area contributed by atoms with Crippen LogP contribution >= 0.6 is 55.1 Å². The van der Waals surface area contributed by atoms with Crippen LogP contribution in [0.15, 0.2) is 344 Å². The summed E-state index contributed by atoms with van der Waals surface area (Å²) in [4.78, 5) is 53.3. The first-order valence-electron chi connectivity index (χ1n) is 46.0. The first-order valence-corrected chi connectivity index (χ1v) is 54.5. The van der Waals surface area contributed by atoms with Crippen LogP contribution in [0.2, 0.25) is 10.0 Å². The van der Waals surface area contributed by atoms with Gasteiger partial charge in [-0.05, 0) is 173 Å². The van der Waals surface area contributed by atoms with Gasteiger partial charge in [-0.25, -0.2) is 60.0 Å². The number of aromatic nitrogens is 8. The van der Waals surface area contributed by atoms with E-state index in [1.165, 1.54) is 60.3 Å². The molecule has 38 heteroatoms. The molecule has 4 unspecified atom stereocenters. The number of halogens is 10. The Labute approximate surface area is 873 Å². The highest BCUT2D eigenvalue weighted by molar-refractivity contribution is 9.11. The summed E-state index contributed by atoms with van der Waals surface area (Å²) in [5.41, 5.74) is 6.88. The van der Waals surface area contributed by atoms with E-state index in [0.717, 1.165) is 55.4 Å². The zero-order valence-corrected chi connectivity index (χ0v) is 87.3. The Morgan fingerprint density at radius 1 is 0.311 bits per heavy atom. The fourth-order valence-electron chi connectivity index (χ4n) is 17.5. The fraction of sp³-hybridized carbons (Fsp3) is 0.182. The number of hydrogen-bond acceptors (Lipinski definition) is 20. The van der Waals surface area contributed by atoms with Crippen molar-refractivity contribution in [2.24, 2.45) is 0 Å². The van der Waals surface area contributed by atoms with E-state index < -0.39 is 131 Å². The van der Waals surface area contributed by atoms with Crippen molar-refractivity contribution in [2.45, 2.75) is 146 Å². The van der Waals surface area contributed by atoms with Gasteiger partial charge in [-0.15, -0.1) is 0 Å². The van der Waals surface area contributed by atoms with Crippen LogP contribution in [0.4, 0.5) is 26.3 Å². The number of para-hydroxylation sites is 4. The van der Waals surface area contributed by atoms with Gasteiger partial charge >= 0.3 is 0 Å². The standard InChI is InChI=1S/C29H24Cl2N2O4S.C29H22F4N2O4S.C29H24F2N2O4S.C23H20Br2N2O4S/c1-19-12-24(32-37-19)16-27(34)28(15-20-6-4-8-22(30)13-20)38(35,36)29-18-33(26-11-3-2-10-25(26)29)17-21-7-5-9-23(31)14-21;1-17-10-22(34-39-17)14-27(36)28(11-18-6-8-20(30)12-24(18)32)40(37,38)29-16-35(26-5-3-2-4-23(26)29)15-19-7-9-21(31)13-25(19)33;1-19-14-22(32-37-19)16-27(34)28(15-20-8-2-5-11-24(20)30)38(35,36)29-18-33(26-13-7-4-10-23(26)29)17-21-9-3-6-12-25(21)31;1-14-7-19(26-31-14)11-22(28)15(2)32(29,30)23-13-27(21-6-4-3-5-20(21)23)12-16-8-17(24)10-18(25)9-16/h2-14,18,28H,15-17H2,1H3;2-10,12-13,16,28H,11,14-15H2,1H3;2-14,18,28H,15-17H2,1H3;3-10,13,15H,11-12H2,1-2H3. The summed E-state index contributed by atoms with van der Waals surface area (Å²) >= 11 is 19.3. The highest BCUT2D eigenvalue weighted by atomic mass is 79.9. The van der Waals surface area contributed by atoms with Gasteiger partial charge in [0, 0.05) is 148 Å². The molecule has 0 bridgehead atoms. The summed E-state index contributed by atoms with van der Waals surface area (Å²) < 4.78 is 226. The van der Waals surface area contributed by atoms with Gasteiger partial charge in [-0.3, -0.25) is 19.2 Å². The molecule has 0 saturated heterocycles. The molecule has 0 aliphatic carbocycles. The molecule has 0 N–H and O–H groups in total. The van der Waals surface area contributed by atoms with Crippen molar-refractivity contribution in [1.82, 2.24) is 38.9 Å². The van der Waals surface area contributed by atoms with Gasteiger partial charge in [0.2, 0.25) is 0 Å². The van der Waals surface area contributed by atoms with Gasteiger partial charge in [-0.2, -0.15) is 0 Å². The Balaban J connectivity index is 0.000000141. The highest BCUT2D eigenvalue weighted by Crippen LogP contribution is 2.39. The number of sulfone groups is 4. The Morgan fingerprint density at radius 3 is 0.980 bits per heavy atom. The topological polar surface area (TPSA) is 329 Å². The normalized spacial score (nSPS) is 12.7. The number of benzene rings is 11. The molecule has 0 radical (unpaired) electrons. The average molecular weight is 2250 g/mol. The number of fused-ring (bicyclic) bond motifs is 4. The second-order valence-electron chi connectivity index (χ2n) is 35.4. The van der Waals surface area contributed by atoms with Crippen LogP contribution < -0.4 is 0 Å². The molecule has 148 heavy (non-hydrogen) atoms. The molecule has 8 aromatic heterocycles. The van der Waals surface area contributed by atoms with E-state index in [9.17, 15) is 79.2 Å². The third-order valence-electron chi connectivity index (χ3n) is 24.7. The number of ketones is 4. The number of carbonyl (C=O) groups excluding carboxylic acids is 4. The Morgan fingerprint density at radius 2 is 0.615 bits per heavy atom. The lowest BCUT2D eigenvalue weighted by molar-refractivity contribution is -0.119. The van der Waals surface area contributed by atoms with E-state index in [4.69, 9.17) is 41.3 Å². The number of hydrogen-bond donors (Lipinski definition) is 0. The minimum absolute atomic E-state index is 0.0215. The molecule has 0 fully saturated rings. The summed E-state index contributed by atoms with van der Waals surface area (Å²) in [6, 6.07) is 72.2. The van der Waals surface area contributed by atoms with E-state index in [1.54, 1.807) is 190 Å². The van der Waals surface area contributed by atoms with E-state index in [1.807, 2.05) is 69.8 Å². The Kier molecular flexibility index (Phi) is 33.0. The van der Waals surface area contributed by atoms with Crippen molar-refractivity contribution in [1.29, 1.82) is 0 Å². The summed E-state index contributed by atoms with van der Waals surface area (Å²) in [6.07, 6.45) is 4.06. The van der Waals surface area contributed by atoms with Gasteiger partial charge in [0.1, 0.15) is 78.9 Å². The average Bonchev–Trinajstić information content (AvgIpc) is 1.62. The van der Waals surface area contributed by atoms with Crippen LogP contribution in [0.1, 0.15) is 91.7 Å². The molecular formula is C110H90Br2Cl2F6N8O16S4. The molecule has 0 amide bonds. The lowest BCUT2D eigenvalue weighted by Gasteiger charge is -2.17. The summed E-state index contributed by atoms with van der Waals surface area (Å²) in [6.45, 7) is 9.02. The van der Waals surface area contributed by atoms with Crippen molar-refractivity contribution in [3.8, 4) is 0 Å². The van der Waals surface area contributed by atoms with Gasteiger partial charge < -0.3 is 36.4 Å². The van der Waals surface area contributed by atoms with Crippen LogP contribution in [0, 0.1) is 62.6 Å². The predicted molar refractivity (Wildman–Crippen MR) is 555 cm³/mol. The van der Waals surface area contributed by atoms with Crippen molar-refractivity contribution in [2.75, 3.05) is 0 Å². The third-order valence-corrected chi connectivity index (χ3v) is 34.6. The minimum Gasteiger partial charge on any atom is -0.361 e. The molecule has 0 aliphatic rings. The van der Waals surface area contributed by atoms with Gasteiger partial charge in [0.25, 0.3) is 0 Å². The fourth-order valence-corrected chi connectivity index (χ4v) is 26.6. The van der Waals surface area contributed by atoms with Crippen molar-refractivity contribution < 1.29 is 97.3 Å². The molecule has 24 nitrogen and oxygen atoms in total. The third kappa shape index (κ3) is 24.8. The summed E-state index contributed by atoms with van der Waals surface area (Å²) in [5.74, 6) is -4.66. The number of aryl methyl sites for hydroxylation is 4. The van der Waals surface area contributed by atoms with Gasteiger partial charge in [-0.1, -0.05) is 221 Å². The first kappa shape index (κ1) is 107. The smallest absolute Gasteiger partial charge is 0.190 e. The lowest BCUT2D eigenvalue weighted by Crippen LogP contribution is -2.34. The number of rotatable bonds is 34. The van der Waals surface area contributed by atoms with Crippen molar-refractivity contribution >= 4 is 161 Å². The van der Waals surface area contributed by atoms with E-state index >= 15 is 0 Å².